The number of halogens is 1. The van der Waals surface area contributed by atoms with Gasteiger partial charge in [-0.05, 0) is 54.4 Å². The number of benzene rings is 2. The molecule has 2 aromatic heterocycles. The van der Waals surface area contributed by atoms with Crippen molar-refractivity contribution in [1.29, 1.82) is 0 Å². The molecule has 0 unspecified atom stereocenters. The van der Waals surface area contributed by atoms with Crippen LogP contribution >= 0.6 is 0 Å². The van der Waals surface area contributed by atoms with Gasteiger partial charge in [0.2, 0.25) is 0 Å². The summed E-state index contributed by atoms with van der Waals surface area (Å²) in [7, 11) is 0. The first-order valence-electron chi connectivity index (χ1n) is 10.6. The summed E-state index contributed by atoms with van der Waals surface area (Å²) < 4.78 is 19.7. The predicted molar refractivity (Wildman–Crippen MR) is 121 cm³/mol. The van der Waals surface area contributed by atoms with Gasteiger partial charge in [0.05, 0.1) is 24.5 Å². The van der Waals surface area contributed by atoms with Crippen LogP contribution in [0.3, 0.4) is 0 Å². The summed E-state index contributed by atoms with van der Waals surface area (Å²) in [4.78, 5) is 8.96. The average molecular weight is 430 g/mol. The Kier molecular flexibility index (Phi) is 5.60. The highest BCUT2D eigenvalue weighted by molar-refractivity contribution is 5.96. The first-order valence-corrected chi connectivity index (χ1v) is 10.6. The van der Waals surface area contributed by atoms with Crippen molar-refractivity contribution >= 4 is 16.7 Å². The molecule has 0 spiro atoms. The number of aromatic nitrogens is 4. The van der Waals surface area contributed by atoms with Crippen molar-refractivity contribution < 1.29 is 9.13 Å². The van der Waals surface area contributed by atoms with E-state index in [4.69, 9.17) is 4.74 Å². The smallest absolute Gasteiger partial charge is 0.146 e. The van der Waals surface area contributed by atoms with E-state index in [1.165, 1.54) is 18.5 Å². The minimum absolute atomic E-state index is 0.270. The van der Waals surface area contributed by atoms with E-state index < -0.39 is 0 Å². The van der Waals surface area contributed by atoms with Crippen LogP contribution < -0.4 is 15.4 Å². The fraction of sp³-hybridized carbons (Fsp3) is 0.250. The molecule has 162 valence electrons. The fourth-order valence-electron chi connectivity index (χ4n) is 3.56. The molecule has 1 fully saturated rings. The number of nitrogens with one attached hydrogen (secondary N) is 2. The quantitative estimate of drug-likeness (QED) is 0.462. The van der Waals surface area contributed by atoms with Crippen molar-refractivity contribution in [2.24, 2.45) is 5.92 Å². The summed E-state index contributed by atoms with van der Waals surface area (Å²) in [5.74, 6) is 1.58. The predicted octanol–water partition coefficient (Wildman–Crippen LogP) is 3.74. The third-order valence-electron chi connectivity index (χ3n) is 5.51. The van der Waals surface area contributed by atoms with E-state index >= 15 is 0 Å². The van der Waals surface area contributed by atoms with Crippen LogP contribution in [0.1, 0.15) is 11.4 Å². The number of hydrogen-bond acceptors (Lipinski definition) is 7. The van der Waals surface area contributed by atoms with Crippen LogP contribution in [0.2, 0.25) is 0 Å². The van der Waals surface area contributed by atoms with Crippen molar-refractivity contribution in [3.05, 3.63) is 72.1 Å². The number of nitrogens with zero attached hydrogens (tertiary/aromatic N) is 4. The molecule has 1 saturated heterocycles. The van der Waals surface area contributed by atoms with E-state index in [1.54, 1.807) is 12.1 Å². The Balaban J connectivity index is 1.52. The Morgan fingerprint density at radius 1 is 1.03 bits per heavy atom. The first-order chi connectivity index (χ1) is 15.7. The van der Waals surface area contributed by atoms with Gasteiger partial charge in [0.1, 0.15) is 29.2 Å². The Bertz CT molecular complexity index is 1230. The highest BCUT2D eigenvalue weighted by Gasteiger charge is 2.19. The van der Waals surface area contributed by atoms with Crippen molar-refractivity contribution in [1.82, 2.24) is 25.5 Å². The Labute approximate surface area is 185 Å². The minimum Gasteiger partial charge on any atom is -0.491 e. The molecule has 5 rings (SSSR count). The number of rotatable bonds is 7. The standard InChI is InChI=1S/C24H23FN6O/c1-15-2-7-20(31-30-15)12-27-24-21-8-18(17-3-5-19(25)6-4-17)9-22(23(21)28-14-29-24)32-13-16-10-26-11-16/h2-9,14,16,26H,10-13H2,1H3,(H,27,28,29). The van der Waals surface area contributed by atoms with Gasteiger partial charge in [-0.3, -0.25) is 0 Å². The van der Waals surface area contributed by atoms with Gasteiger partial charge in [0.25, 0.3) is 0 Å². The normalized spacial score (nSPS) is 13.7. The van der Waals surface area contributed by atoms with Crippen LogP contribution in [0, 0.1) is 18.7 Å². The van der Waals surface area contributed by atoms with Crippen LogP contribution in [-0.4, -0.2) is 39.9 Å². The number of aryl methyl sites for hydroxylation is 1. The van der Waals surface area contributed by atoms with Crippen LogP contribution in [0.15, 0.2) is 54.9 Å². The monoisotopic (exact) mass is 430 g/mol. The zero-order chi connectivity index (χ0) is 21.9. The van der Waals surface area contributed by atoms with Gasteiger partial charge in [-0.25, -0.2) is 14.4 Å². The van der Waals surface area contributed by atoms with Crippen molar-refractivity contribution in [3.8, 4) is 16.9 Å². The van der Waals surface area contributed by atoms with E-state index in [-0.39, 0.29) is 5.82 Å². The lowest BCUT2D eigenvalue weighted by molar-refractivity contribution is 0.200. The molecule has 7 nitrogen and oxygen atoms in total. The lowest BCUT2D eigenvalue weighted by Gasteiger charge is -2.27. The maximum atomic E-state index is 13.5. The summed E-state index contributed by atoms with van der Waals surface area (Å²) in [5, 5.41) is 15.7. The first kappa shape index (κ1) is 20.3. The molecule has 32 heavy (non-hydrogen) atoms. The topological polar surface area (TPSA) is 84.9 Å². The van der Waals surface area contributed by atoms with E-state index in [0.29, 0.717) is 30.6 Å². The highest BCUT2D eigenvalue weighted by atomic mass is 19.1. The lowest BCUT2D eigenvalue weighted by Crippen LogP contribution is -2.45. The molecule has 0 aliphatic carbocycles. The molecule has 0 saturated carbocycles. The number of hydrogen-bond donors (Lipinski definition) is 2. The van der Waals surface area contributed by atoms with Gasteiger partial charge in [-0.15, -0.1) is 0 Å². The average Bonchev–Trinajstić information content (AvgIpc) is 2.78. The summed E-state index contributed by atoms with van der Waals surface area (Å²) in [6.07, 6.45) is 1.53. The van der Waals surface area contributed by atoms with Gasteiger partial charge in [-0.2, -0.15) is 10.2 Å². The SMILES string of the molecule is Cc1ccc(CNc2ncnc3c(OCC4CNC4)cc(-c4ccc(F)cc4)cc23)nn1. The summed E-state index contributed by atoms with van der Waals surface area (Å²) in [6.45, 7) is 4.90. The largest absolute Gasteiger partial charge is 0.491 e. The molecule has 1 aliphatic heterocycles. The number of fused-ring (bicyclic) bond motifs is 1. The zero-order valence-electron chi connectivity index (χ0n) is 17.7. The number of ether oxygens (including phenoxy) is 1. The van der Waals surface area contributed by atoms with Crippen LogP contribution in [0.4, 0.5) is 10.2 Å². The molecule has 8 heteroatoms. The van der Waals surface area contributed by atoms with E-state index in [1.807, 2.05) is 31.2 Å². The molecule has 0 radical (unpaired) electrons. The second kappa shape index (κ2) is 8.84. The van der Waals surface area contributed by atoms with E-state index in [9.17, 15) is 4.39 Å². The molecule has 2 aromatic carbocycles. The van der Waals surface area contributed by atoms with Gasteiger partial charge in [0, 0.05) is 24.4 Å². The summed E-state index contributed by atoms with van der Waals surface area (Å²) >= 11 is 0. The maximum Gasteiger partial charge on any atom is 0.146 e. The van der Waals surface area contributed by atoms with Gasteiger partial charge in [0.15, 0.2) is 0 Å². The summed E-state index contributed by atoms with van der Waals surface area (Å²) in [5.41, 5.74) is 4.21. The van der Waals surface area contributed by atoms with Crippen molar-refractivity contribution in [2.75, 3.05) is 25.0 Å². The molecule has 1 aliphatic rings. The van der Waals surface area contributed by atoms with E-state index in [2.05, 4.69) is 30.8 Å². The van der Waals surface area contributed by atoms with Gasteiger partial charge >= 0.3 is 0 Å². The van der Waals surface area contributed by atoms with Crippen molar-refractivity contribution in [2.45, 2.75) is 13.5 Å². The van der Waals surface area contributed by atoms with Crippen LogP contribution in [0.5, 0.6) is 5.75 Å². The van der Waals surface area contributed by atoms with Crippen LogP contribution in [0.25, 0.3) is 22.0 Å². The third-order valence-corrected chi connectivity index (χ3v) is 5.51. The van der Waals surface area contributed by atoms with Gasteiger partial charge in [-0.1, -0.05) is 12.1 Å². The molecule has 0 atom stereocenters. The fourth-order valence-corrected chi connectivity index (χ4v) is 3.56. The Morgan fingerprint density at radius 2 is 1.88 bits per heavy atom. The molecule has 2 N–H and O–H groups in total. The third kappa shape index (κ3) is 4.36. The zero-order valence-corrected chi connectivity index (χ0v) is 17.7. The van der Waals surface area contributed by atoms with E-state index in [0.717, 1.165) is 46.5 Å². The minimum atomic E-state index is -0.270. The van der Waals surface area contributed by atoms with Crippen molar-refractivity contribution in [3.63, 3.8) is 0 Å². The molecular weight excluding hydrogens is 407 g/mol. The molecule has 4 aromatic rings. The summed E-state index contributed by atoms with van der Waals surface area (Å²) in [6, 6.07) is 14.3. The second-order valence-corrected chi connectivity index (χ2v) is 7.95. The van der Waals surface area contributed by atoms with Crippen LogP contribution in [-0.2, 0) is 6.54 Å². The lowest BCUT2D eigenvalue weighted by atomic mass is 10.0. The van der Waals surface area contributed by atoms with Gasteiger partial charge < -0.3 is 15.4 Å². The molecule has 0 bridgehead atoms. The second-order valence-electron chi connectivity index (χ2n) is 7.95. The molecular formula is C24H23FN6O. The molecule has 0 amide bonds. The Morgan fingerprint density at radius 3 is 2.59 bits per heavy atom. The highest BCUT2D eigenvalue weighted by Crippen LogP contribution is 2.34. The number of anilines is 1. The molecule has 3 heterocycles. The Hall–Kier alpha value is -3.65. The maximum absolute atomic E-state index is 13.5.